The molecule has 0 saturated heterocycles. The molecular formula is C15H13ClN2O. The van der Waals surface area contributed by atoms with Gasteiger partial charge in [0, 0.05) is 35.6 Å². The predicted octanol–water partition coefficient (Wildman–Crippen LogP) is 3.06. The van der Waals surface area contributed by atoms with Crippen molar-refractivity contribution in [1.29, 1.82) is 0 Å². The molecule has 1 aliphatic heterocycles. The van der Waals surface area contributed by atoms with Crippen molar-refractivity contribution in [2.45, 2.75) is 17.8 Å². The summed E-state index contributed by atoms with van der Waals surface area (Å²) in [5.74, 6) is 0.364. The Kier molecular flexibility index (Phi) is 2.00. The van der Waals surface area contributed by atoms with E-state index in [1.165, 1.54) is 5.69 Å². The Bertz CT molecular complexity index is 706. The second kappa shape index (κ2) is 3.42. The molecule has 0 radical (unpaired) electrons. The lowest BCUT2D eigenvalue weighted by Gasteiger charge is -2.09. The van der Waals surface area contributed by atoms with Gasteiger partial charge in [0.1, 0.15) is 0 Å². The first-order chi connectivity index (χ1) is 9.13. The van der Waals surface area contributed by atoms with Crippen molar-refractivity contribution in [2.75, 3.05) is 5.32 Å². The standard InChI is InChI=1S/C15H13ClN2O/c1-18-6-2-3-13(18)11-8-15(11)10-7-9(16)4-5-12(10)17-14(15)19/h2-7,11H,8H2,1H3,(H,17,19)/t11-,15-/m1/s1. The number of aromatic nitrogens is 1. The first-order valence-electron chi connectivity index (χ1n) is 6.35. The van der Waals surface area contributed by atoms with Crippen LogP contribution in [0.15, 0.2) is 36.5 Å². The Morgan fingerprint density at radius 1 is 1.42 bits per heavy atom. The lowest BCUT2D eigenvalue weighted by Crippen LogP contribution is -2.21. The molecular weight excluding hydrogens is 260 g/mol. The van der Waals surface area contributed by atoms with E-state index in [9.17, 15) is 4.79 Å². The molecule has 1 amide bonds. The minimum absolute atomic E-state index is 0.107. The van der Waals surface area contributed by atoms with E-state index in [4.69, 9.17) is 11.6 Å². The van der Waals surface area contributed by atoms with Crippen LogP contribution in [0.2, 0.25) is 5.02 Å². The van der Waals surface area contributed by atoms with Gasteiger partial charge in [0.05, 0.1) is 5.41 Å². The van der Waals surface area contributed by atoms with Crippen molar-refractivity contribution in [1.82, 2.24) is 4.57 Å². The number of rotatable bonds is 1. The molecule has 0 unspecified atom stereocenters. The van der Waals surface area contributed by atoms with E-state index >= 15 is 0 Å². The molecule has 2 aliphatic rings. The second-order valence-electron chi connectivity index (χ2n) is 5.42. The van der Waals surface area contributed by atoms with Gasteiger partial charge in [-0.25, -0.2) is 0 Å². The molecule has 2 aromatic rings. The number of halogens is 1. The number of aryl methyl sites for hydroxylation is 1. The average molecular weight is 273 g/mol. The number of hydrogen-bond donors (Lipinski definition) is 1. The van der Waals surface area contributed by atoms with Gasteiger partial charge in [-0.1, -0.05) is 11.6 Å². The van der Waals surface area contributed by atoms with E-state index in [0.717, 1.165) is 17.7 Å². The number of carbonyl (C=O) groups excluding carboxylic acids is 1. The second-order valence-corrected chi connectivity index (χ2v) is 5.85. The lowest BCUT2D eigenvalue weighted by molar-refractivity contribution is -0.118. The number of benzene rings is 1. The van der Waals surface area contributed by atoms with E-state index in [1.54, 1.807) is 0 Å². The molecule has 19 heavy (non-hydrogen) atoms. The first-order valence-corrected chi connectivity index (χ1v) is 6.73. The van der Waals surface area contributed by atoms with Crippen molar-refractivity contribution in [3.8, 4) is 0 Å². The monoisotopic (exact) mass is 272 g/mol. The Balaban J connectivity index is 1.84. The third kappa shape index (κ3) is 1.31. The minimum atomic E-state index is -0.396. The summed E-state index contributed by atoms with van der Waals surface area (Å²) < 4.78 is 2.09. The fourth-order valence-corrected chi connectivity index (χ4v) is 3.53. The zero-order valence-corrected chi connectivity index (χ0v) is 11.2. The molecule has 2 heterocycles. The van der Waals surface area contributed by atoms with Crippen LogP contribution in [-0.4, -0.2) is 10.5 Å². The summed E-state index contributed by atoms with van der Waals surface area (Å²) in [6, 6.07) is 9.75. The van der Waals surface area contributed by atoms with Crippen molar-refractivity contribution >= 4 is 23.2 Å². The van der Waals surface area contributed by atoms with Crippen LogP contribution in [0.1, 0.15) is 23.6 Å². The van der Waals surface area contributed by atoms with Gasteiger partial charge in [0.2, 0.25) is 5.91 Å². The van der Waals surface area contributed by atoms with Gasteiger partial charge in [-0.15, -0.1) is 0 Å². The largest absolute Gasteiger partial charge is 0.354 e. The summed E-state index contributed by atoms with van der Waals surface area (Å²) >= 11 is 6.09. The highest BCUT2D eigenvalue weighted by atomic mass is 35.5. The van der Waals surface area contributed by atoms with E-state index in [2.05, 4.69) is 16.0 Å². The van der Waals surface area contributed by atoms with Crippen molar-refractivity contribution in [2.24, 2.45) is 7.05 Å². The van der Waals surface area contributed by atoms with Crippen LogP contribution in [0.5, 0.6) is 0 Å². The maximum absolute atomic E-state index is 12.4. The molecule has 96 valence electrons. The molecule has 1 fully saturated rings. The van der Waals surface area contributed by atoms with E-state index in [-0.39, 0.29) is 11.8 Å². The fourth-order valence-electron chi connectivity index (χ4n) is 3.36. The zero-order valence-electron chi connectivity index (χ0n) is 10.5. The highest BCUT2D eigenvalue weighted by molar-refractivity contribution is 6.31. The van der Waals surface area contributed by atoms with E-state index in [1.807, 2.05) is 37.5 Å². The van der Waals surface area contributed by atoms with Gasteiger partial charge >= 0.3 is 0 Å². The van der Waals surface area contributed by atoms with Crippen molar-refractivity contribution < 1.29 is 4.79 Å². The highest BCUT2D eigenvalue weighted by Gasteiger charge is 2.65. The van der Waals surface area contributed by atoms with Gasteiger partial charge in [0.25, 0.3) is 0 Å². The van der Waals surface area contributed by atoms with Crippen LogP contribution in [0.4, 0.5) is 5.69 Å². The van der Waals surface area contributed by atoms with Crippen LogP contribution in [-0.2, 0) is 17.3 Å². The summed E-state index contributed by atoms with van der Waals surface area (Å²) in [7, 11) is 2.02. The lowest BCUT2D eigenvalue weighted by atomic mass is 9.94. The Morgan fingerprint density at radius 2 is 2.26 bits per heavy atom. The van der Waals surface area contributed by atoms with Crippen molar-refractivity contribution in [3.63, 3.8) is 0 Å². The molecule has 1 aromatic heterocycles. The van der Waals surface area contributed by atoms with Crippen LogP contribution in [0.25, 0.3) is 0 Å². The molecule has 2 atom stereocenters. The number of hydrogen-bond acceptors (Lipinski definition) is 1. The molecule has 1 saturated carbocycles. The van der Waals surface area contributed by atoms with E-state index in [0.29, 0.717) is 5.02 Å². The average Bonchev–Trinajstić information content (AvgIpc) is 2.89. The summed E-state index contributed by atoms with van der Waals surface area (Å²) in [6.45, 7) is 0. The van der Waals surface area contributed by atoms with Crippen molar-refractivity contribution in [3.05, 3.63) is 52.8 Å². The number of amides is 1. The normalized spacial score (nSPS) is 27.5. The number of anilines is 1. The number of nitrogens with zero attached hydrogens (tertiary/aromatic N) is 1. The Hall–Kier alpha value is -1.74. The van der Waals surface area contributed by atoms with Crippen LogP contribution < -0.4 is 5.32 Å². The Morgan fingerprint density at radius 3 is 3.00 bits per heavy atom. The molecule has 4 heteroatoms. The highest BCUT2D eigenvalue weighted by Crippen LogP contribution is 2.65. The maximum Gasteiger partial charge on any atom is 0.235 e. The topological polar surface area (TPSA) is 34.0 Å². The molecule has 1 spiro atoms. The molecule has 4 rings (SSSR count). The molecule has 0 bridgehead atoms. The molecule has 3 nitrogen and oxygen atoms in total. The van der Waals surface area contributed by atoms with Crippen LogP contribution >= 0.6 is 11.6 Å². The first kappa shape index (κ1) is 11.1. The van der Waals surface area contributed by atoms with Gasteiger partial charge in [-0.05, 0) is 42.3 Å². The zero-order chi connectivity index (χ0) is 13.2. The van der Waals surface area contributed by atoms with Crippen LogP contribution in [0.3, 0.4) is 0 Å². The van der Waals surface area contributed by atoms with Gasteiger partial charge in [0.15, 0.2) is 0 Å². The quantitative estimate of drug-likeness (QED) is 0.851. The molecule has 1 aromatic carbocycles. The summed E-state index contributed by atoms with van der Waals surface area (Å²) in [5.41, 5.74) is 2.78. The third-order valence-corrected chi connectivity index (χ3v) is 4.65. The van der Waals surface area contributed by atoms with Gasteiger partial charge in [-0.2, -0.15) is 0 Å². The van der Waals surface area contributed by atoms with Gasteiger partial charge in [-0.3, -0.25) is 4.79 Å². The van der Waals surface area contributed by atoms with Gasteiger partial charge < -0.3 is 9.88 Å². The maximum atomic E-state index is 12.4. The third-order valence-electron chi connectivity index (χ3n) is 4.42. The SMILES string of the molecule is Cn1cccc1[C@H]1C[C@]12C(=O)Nc1ccc(Cl)cc12. The molecule has 1 N–H and O–H groups in total. The van der Waals surface area contributed by atoms with E-state index < -0.39 is 5.41 Å². The summed E-state index contributed by atoms with van der Waals surface area (Å²) in [4.78, 5) is 12.4. The number of carbonyl (C=O) groups is 1. The Labute approximate surface area is 116 Å². The smallest absolute Gasteiger partial charge is 0.235 e. The summed E-state index contributed by atoms with van der Waals surface area (Å²) in [5, 5.41) is 3.67. The fraction of sp³-hybridized carbons (Fsp3) is 0.267. The molecule has 1 aliphatic carbocycles. The number of nitrogens with one attached hydrogen (secondary N) is 1. The van der Waals surface area contributed by atoms with Crippen LogP contribution in [0, 0.1) is 0 Å². The predicted molar refractivity (Wildman–Crippen MR) is 74.5 cm³/mol. The summed E-state index contributed by atoms with van der Waals surface area (Å²) in [6.07, 6.45) is 2.89. The minimum Gasteiger partial charge on any atom is -0.354 e. The number of fused-ring (bicyclic) bond motifs is 2.